The number of amides is 2. The molecule has 0 radical (unpaired) electrons. The van der Waals surface area contributed by atoms with Crippen LogP contribution in [-0.4, -0.2) is 59.9 Å². The van der Waals surface area contributed by atoms with Crippen molar-refractivity contribution in [2.75, 3.05) is 27.2 Å². The summed E-state index contributed by atoms with van der Waals surface area (Å²) in [6.45, 7) is 1.36. The van der Waals surface area contributed by atoms with Gasteiger partial charge in [-0.1, -0.05) is 36.4 Å². The molecule has 6 heteroatoms. The summed E-state index contributed by atoms with van der Waals surface area (Å²) < 4.78 is 5.42. The van der Waals surface area contributed by atoms with Gasteiger partial charge in [-0.3, -0.25) is 9.59 Å². The molecule has 2 aliphatic rings. The Morgan fingerprint density at radius 3 is 2.54 bits per heavy atom. The second-order valence-corrected chi connectivity index (χ2v) is 9.87. The Hall–Kier alpha value is -3.41. The van der Waals surface area contributed by atoms with Gasteiger partial charge in [-0.05, 0) is 67.9 Å². The molecule has 1 saturated carbocycles. The molecular formula is C29H33N3O3. The Morgan fingerprint density at radius 2 is 1.80 bits per heavy atom. The molecule has 3 aromatic rings. The summed E-state index contributed by atoms with van der Waals surface area (Å²) in [6, 6.07) is 19.9. The third kappa shape index (κ3) is 5.16. The number of piperidine rings is 1. The summed E-state index contributed by atoms with van der Waals surface area (Å²) in [5.74, 6) is 1.61. The van der Waals surface area contributed by atoms with Gasteiger partial charge >= 0.3 is 0 Å². The first-order valence-electron chi connectivity index (χ1n) is 12.6. The first kappa shape index (κ1) is 23.3. The van der Waals surface area contributed by atoms with Crippen molar-refractivity contribution in [2.24, 2.45) is 11.8 Å². The number of carbonyl (C=O) groups excluding carboxylic acids is 2. The van der Waals surface area contributed by atoms with Crippen LogP contribution in [0.25, 0.3) is 10.9 Å². The zero-order chi connectivity index (χ0) is 24.4. The molecule has 0 N–H and O–H groups in total. The van der Waals surface area contributed by atoms with Crippen molar-refractivity contribution in [3.63, 3.8) is 0 Å². The molecule has 182 valence electrons. The predicted octanol–water partition coefficient (Wildman–Crippen LogP) is 4.58. The molecule has 2 fully saturated rings. The molecule has 1 atom stereocenters. The van der Waals surface area contributed by atoms with Crippen LogP contribution in [0.1, 0.15) is 41.7 Å². The van der Waals surface area contributed by atoms with Gasteiger partial charge in [0.15, 0.2) is 0 Å². The number of hydrogen-bond acceptors (Lipinski definition) is 4. The number of methoxy groups -OCH3 is 1. The highest BCUT2D eigenvalue weighted by molar-refractivity contribution is 5.95. The Kier molecular flexibility index (Phi) is 6.71. The second kappa shape index (κ2) is 10.1. The van der Waals surface area contributed by atoms with Gasteiger partial charge in [-0.2, -0.15) is 0 Å². The quantitative estimate of drug-likeness (QED) is 0.506. The van der Waals surface area contributed by atoms with Gasteiger partial charge in [0.05, 0.1) is 12.6 Å². The number of likely N-dealkylation sites (N-methyl/N-ethyl adjacent to an activating group) is 1. The van der Waals surface area contributed by atoms with Gasteiger partial charge < -0.3 is 14.5 Å². The van der Waals surface area contributed by atoms with Crippen molar-refractivity contribution in [3.05, 3.63) is 71.9 Å². The van der Waals surface area contributed by atoms with E-state index in [1.807, 2.05) is 65.4 Å². The Morgan fingerprint density at radius 1 is 1.03 bits per heavy atom. The first-order valence-corrected chi connectivity index (χ1v) is 12.6. The van der Waals surface area contributed by atoms with E-state index in [-0.39, 0.29) is 23.8 Å². The van der Waals surface area contributed by atoms with Crippen LogP contribution in [0, 0.1) is 11.8 Å². The molecule has 2 aromatic carbocycles. The molecule has 0 bridgehead atoms. The van der Waals surface area contributed by atoms with Crippen LogP contribution in [-0.2, 0) is 11.2 Å². The lowest BCUT2D eigenvalue weighted by Gasteiger charge is -2.40. The fraction of sp³-hybridized carbons (Fsp3) is 0.414. The monoisotopic (exact) mass is 471 g/mol. The van der Waals surface area contributed by atoms with E-state index in [0.717, 1.165) is 48.8 Å². The van der Waals surface area contributed by atoms with E-state index in [1.165, 1.54) is 5.56 Å². The number of hydrogen-bond donors (Lipinski definition) is 0. The molecular weight excluding hydrogens is 438 g/mol. The third-order valence-corrected chi connectivity index (χ3v) is 7.54. The molecule has 2 amide bonds. The zero-order valence-corrected chi connectivity index (χ0v) is 20.5. The van der Waals surface area contributed by atoms with Crippen LogP contribution in [0.4, 0.5) is 0 Å². The van der Waals surface area contributed by atoms with Gasteiger partial charge in [-0.25, -0.2) is 4.98 Å². The van der Waals surface area contributed by atoms with Crippen LogP contribution in [0.2, 0.25) is 0 Å². The molecule has 0 unspecified atom stereocenters. The molecule has 1 saturated heterocycles. The highest BCUT2D eigenvalue weighted by Crippen LogP contribution is 2.34. The lowest BCUT2D eigenvalue weighted by Crippen LogP contribution is -2.49. The number of fused-ring (bicyclic) bond motifs is 1. The SMILES string of the molecule is COc1cccc(C[C@H](C2CCN(C(=O)c3ccc4ccccc4n3)CC2)N(C)C(=O)C2CC2)c1. The highest BCUT2D eigenvalue weighted by atomic mass is 16.5. The number of benzene rings is 2. The lowest BCUT2D eigenvalue weighted by molar-refractivity contribution is -0.134. The number of aromatic nitrogens is 1. The Labute approximate surface area is 206 Å². The van der Waals surface area contributed by atoms with Crippen molar-refractivity contribution in [3.8, 4) is 5.75 Å². The number of pyridine rings is 1. The van der Waals surface area contributed by atoms with Gasteiger partial charge in [0, 0.05) is 37.5 Å². The molecule has 1 aliphatic heterocycles. The van der Waals surface area contributed by atoms with E-state index in [4.69, 9.17) is 4.74 Å². The number of likely N-dealkylation sites (tertiary alicyclic amines) is 1. The van der Waals surface area contributed by atoms with Crippen molar-refractivity contribution in [1.82, 2.24) is 14.8 Å². The molecule has 35 heavy (non-hydrogen) atoms. The normalized spacial score (nSPS) is 17.3. The summed E-state index contributed by atoms with van der Waals surface area (Å²) in [6.07, 6.45) is 4.53. The summed E-state index contributed by atoms with van der Waals surface area (Å²) in [4.78, 5) is 34.7. The van der Waals surface area contributed by atoms with E-state index in [2.05, 4.69) is 17.1 Å². The number of para-hydroxylation sites is 1. The average Bonchev–Trinajstić information content (AvgIpc) is 3.76. The van der Waals surface area contributed by atoms with E-state index < -0.39 is 0 Å². The zero-order valence-electron chi connectivity index (χ0n) is 20.5. The Balaban J connectivity index is 1.29. The summed E-state index contributed by atoms with van der Waals surface area (Å²) in [5.41, 5.74) is 2.51. The minimum atomic E-state index is -0.0130. The number of nitrogens with zero attached hydrogens (tertiary/aromatic N) is 3. The third-order valence-electron chi connectivity index (χ3n) is 7.54. The number of rotatable bonds is 7. The molecule has 0 spiro atoms. The molecule has 1 aromatic heterocycles. The van der Waals surface area contributed by atoms with Crippen molar-refractivity contribution < 1.29 is 14.3 Å². The average molecular weight is 472 g/mol. The maximum Gasteiger partial charge on any atom is 0.272 e. The van der Waals surface area contributed by atoms with E-state index in [9.17, 15) is 9.59 Å². The molecule has 6 nitrogen and oxygen atoms in total. The van der Waals surface area contributed by atoms with E-state index in [1.54, 1.807) is 7.11 Å². The van der Waals surface area contributed by atoms with Crippen molar-refractivity contribution in [2.45, 2.75) is 38.1 Å². The van der Waals surface area contributed by atoms with Gasteiger partial charge in [-0.15, -0.1) is 0 Å². The maximum atomic E-state index is 13.2. The lowest BCUT2D eigenvalue weighted by atomic mass is 9.84. The smallest absolute Gasteiger partial charge is 0.272 e. The molecule has 1 aliphatic carbocycles. The van der Waals surface area contributed by atoms with E-state index >= 15 is 0 Å². The van der Waals surface area contributed by atoms with Crippen LogP contribution < -0.4 is 4.74 Å². The standard InChI is InChI=1S/C29H33N3O3/c1-31(28(33)23-10-11-23)27(19-20-6-5-8-24(18-20)35-2)22-14-16-32(17-15-22)29(34)26-13-12-21-7-3-4-9-25(21)30-26/h3-9,12-13,18,22-23,27H,10-11,14-17,19H2,1-2H3/t27-/m1/s1. The summed E-state index contributed by atoms with van der Waals surface area (Å²) >= 11 is 0. The Bertz CT molecular complexity index is 1210. The topological polar surface area (TPSA) is 62.7 Å². The first-order chi connectivity index (χ1) is 17.0. The largest absolute Gasteiger partial charge is 0.497 e. The molecule has 2 heterocycles. The number of ether oxygens (including phenoxy) is 1. The van der Waals surface area contributed by atoms with Crippen LogP contribution >= 0.6 is 0 Å². The van der Waals surface area contributed by atoms with E-state index in [0.29, 0.717) is 24.7 Å². The summed E-state index contributed by atoms with van der Waals surface area (Å²) in [7, 11) is 3.64. The fourth-order valence-corrected chi connectivity index (χ4v) is 5.28. The van der Waals surface area contributed by atoms with Crippen molar-refractivity contribution in [1.29, 1.82) is 0 Å². The van der Waals surface area contributed by atoms with Crippen LogP contribution in [0.5, 0.6) is 5.75 Å². The molecule has 5 rings (SSSR count). The fourth-order valence-electron chi connectivity index (χ4n) is 5.28. The number of carbonyl (C=O) groups is 2. The predicted molar refractivity (Wildman–Crippen MR) is 136 cm³/mol. The van der Waals surface area contributed by atoms with Gasteiger partial charge in [0.2, 0.25) is 5.91 Å². The minimum Gasteiger partial charge on any atom is -0.497 e. The highest BCUT2D eigenvalue weighted by Gasteiger charge is 2.38. The van der Waals surface area contributed by atoms with Crippen LogP contribution in [0.3, 0.4) is 0 Å². The van der Waals surface area contributed by atoms with Crippen molar-refractivity contribution >= 4 is 22.7 Å². The van der Waals surface area contributed by atoms with Gasteiger partial charge in [0.25, 0.3) is 5.91 Å². The maximum absolute atomic E-state index is 13.2. The van der Waals surface area contributed by atoms with Gasteiger partial charge in [0.1, 0.15) is 11.4 Å². The minimum absolute atomic E-state index is 0.0130. The summed E-state index contributed by atoms with van der Waals surface area (Å²) in [5, 5.41) is 1.03. The second-order valence-electron chi connectivity index (χ2n) is 9.87. The van der Waals surface area contributed by atoms with Crippen LogP contribution in [0.15, 0.2) is 60.7 Å².